The predicted molar refractivity (Wildman–Crippen MR) is 102 cm³/mol. The number of benzene rings is 1. The number of carbonyl (C=O) groups excluding carboxylic acids is 2. The fourth-order valence-electron chi connectivity index (χ4n) is 3.85. The van der Waals surface area contributed by atoms with Crippen molar-refractivity contribution in [1.82, 2.24) is 4.90 Å². The van der Waals surface area contributed by atoms with Crippen LogP contribution < -0.4 is 4.74 Å². The van der Waals surface area contributed by atoms with Crippen LogP contribution in [0, 0.1) is 11.8 Å². The lowest BCUT2D eigenvalue weighted by Crippen LogP contribution is -2.34. The van der Waals surface area contributed by atoms with E-state index in [4.69, 9.17) is 4.74 Å². The van der Waals surface area contributed by atoms with Gasteiger partial charge in [0.1, 0.15) is 12.4 Å². The molecule has 2 aliphatic rings. The summed E-state index contributed by atoms with van der Waals surface area (Å²) in [5.41, 5.74) is 3.86. The van der Waals surface area contributed by atoms with Crippen molar-refractivity contribution in [3.05, 3.63) is 41.0 Å². The Hall–Kier alpha value is -2.10. The average Bonchev–Trinajstić information content (AvgIpc) is 2.80. The number of carbonyl (C=O) groups is 2. The molecular formula is C22H29NO3. The van der Waals surface area contributed by atoms with Gasteiger partial charge in [0.15, 0.2) is 0 Å². The average molecular weight is 355 g/mol. The van der Waals surface area contributed by atoms with Crippen LogP contribution >= 0.6 is 0 Å². The zero-order valence-corrected chi connectivity index (χ0v) is 16.5. The number of fused-ring (bicyclic) bond motifs is 1. The molecule has 1 aromatic rings. The summed E-state index contributed by atoms with van der Waals surface area (Å²) < 4.78 is 5.77. The first kappa shape index (κ1) is 18.7. The number of ether oxygens (including phenoxy) is 1. The normalized spacial score (nSPS) is 23.5. The van der Waals surface area contributed by atoms with Gasteiger partial charge in [0.05, 0.1) is 18.4 Å². The zero-order chi connectivity index (χ0) is 19.1. The third-order valence-corrected chi connectivity index (χ3v) is 5.74. The van der Waals surface area contributed by atoms with Crippen LogP contribution in [0.1, 0.15) is 53.0 Å². The molecule has 26 heavy (non-hydrogen) atoms. The van der Waals surface area contributed by atoms with Crippen molar-refractivity contribution in [3.63, 3.8) is 0 Å². The zero-order valence-electron chi connectivity index (χ0n) is 16.5. The Balaban J connectivity index is 1.57. The number of nitrogens with zero attached hydrogens (tertiary/aromatic N) is 1. The van der Waals surface area contributed by atoms with E-state index in [0.717, 1.165) is 5.75 Å². The second-order valence-corrected chi connectivity index (χ2v) is 8.63. The van der Waals surface area contributed by atoms with Crippen LogP contribution in [0.15, 0.2) is 35.4 Å². The molecular weight excluding hydrogens is 326 g/mol. The highest BCUT2D eigenvalue weighted by Gasteiger charge is 2.48. The van der Waals surface area contributed by atoms with Gasteiger partial charge < -0.3 is 4.74 Å². The number of hydrogen-bond acceptors (Lipinski definition) is 3. The number of rotatable bonds is 4. The Kier molecular flexibility index (Phi) is 4.96. The maximum atomic E-state index is 12.6. The van der Waals surface area contributed by atoms with E-state index in [1.807, 2.05) is 12.1 Å². The van der Waals surface area contributed by atoms with E-state index in [-0.39, 0.29) is 29.1 Å². The van der Waals surface area contributed by atoms with E-state index in [1.165, 1.54) is 21.6 Å². The monoisotopic (exact) mass is 355 g/mol. The lowest BCUT2D eigenvalue weighted by atomic mass is 9.78. The summed E-state index contributed by atoms with van der Waals surface area (Å²) in [6, 6.07) is 8.02. The van der Waals surface area contributed by atoms with Gasteiger partial charge in [-0.15, -0.1) is 0 Å². The highest BCUT2D eigenvalue weighted by molar-refractivity contribution is 6.05. The predicted octanol–water partition coefficient (Wildman–Crippen LogP) is 4.09. The van der Waals surface area contributed by atoms with E-state index in [0.29, 0.717) is 26.0 Å². The van der Waals surface area contributed by atoms with Crippen LogP contribution in [0.5, 0.6) is 5.75 Å². The molecule has 1 aromatic carbocycles. The van der Waals surface area contributed by atoms with Crippen molar-refractivity contribution in [2.24, 2.45) is 11.8 Å². The van der Waals surface area contributed by atoms with Crippen LogP contribution in [-0.4, -0.2) is 29.9 Å². The van der Waals surface area contributed by atoms with Gasteiger partial charge >= 0.3 is 0 Å². The van der Waals surface area contributed by atoms with Crippen molar-refractivity contribution in [2.75, 3.05) is 13.2 Å². The molecule has 4 heteroatoms. The lowest BCUT2D eigenvalue weighted by Gasteiger charge is -2.23. The van der Waals surface area contributed by atoms with Crippen LogP contribution in [-0.2, 0) is 15.0 Å². The molecule has 0 N–H and O–H groups in total. The van der Waals surface area contributed by atoms with Gasteiger partial charge in [-0.1, -0.05) is 44.1 Å². The number of amides is 2. The summed E-state index contributed by atoms with van der Waals surface area (Å²) in [5, 5.41) is 0. The van der Waals surface area contributed by atoms with Crippen molar-refractivity contribution in [3.8, 4) is 5.75 Å². The Morgan fingerprint density at radius 3 is 1.92 bits per heavy atom. The number of imide groups is 1. The van der Waals surface area contributed by atoms with Crippen molar-refractivity contribution in [1.29, 1.82) is 0 Å². The number of hydrogen-bond donors (Lipinski definition) is 0. The molecule has 1 saturated heterocycles. The molecule has 0 saturated carbocycles. The second kappa shape index (κ2) is 6.90. The minimum absolute atomic E-state index is 0.0291. The van der Waals surface area contributed by atoms with E-state index >= 15 is 0 Å². The second-order valence-electron chi connectivity index (χ2n) is 8.63. The maximum absolute atomic E-state index is 12.6. The highest BCUT2D eigenvalue weighted by Crippen LogP contribution is 2.40. The summed E-state index contributed by atoms with van der Waals surface area (Å²) in [6.45, 7) is 11.3. The van der Waals surface area contributed by atoms with Gasteiger partial charge in [0.25, 0.3) is 0 Å². The van der Waals surface area contributed by atoms with Crippen molar-refractivity contribution >= 4 is 11.8 Å². The summed E-state index contributed by atoms with van der Waals surface area (Å²) in [7, 11) is 0. The standard InChI is InChI=1S/C22H29NO3/c1-14-12-18-19(13-15(14)2)21(25)23(20(18)24)10-11-26-17-8-6-16(7-9-17)22(3,4)5/h6-9,18-19H,10-13H2,1-5H3/t18-,19-/m0/s1. The molecule has 2 atom stereocenters. The highest BCUT2D eigenvalue weighted by atomic mass is 16.5. The molecule has 4 nitrogen and oxygen atoms in total. The fraction of sp³-hybridized carbons (Fsp3) is 0.545. The molecule has 2 amide bonds. The van der Waals surface area contributed by atoms with E-state index in [1.54, 1.807) is 0 Å². The van der Waals surface area contributed by atoms with Gasteiger partial charge in [-0.05, 0) is 49.8 Å². The number of likely N-dealkylation sites (tertiary alicyclic amines) is 1. The smallest absolute Gasteiger partial charge is 0.233 e. The Morgan fingerprint density at radius 2 is 1.46 bits per heavy atom. The van der Waals surface area contributed by atoms with Crippen LogP contribution in [0.4, 0.5) is 0 Å². The molecule has 1 fully saturated rings. The number of allylic oxidation sites excluding steroid dienone is 2. The van der Waals surface area contributed by atoms with Crippen molar-refractivity contribution < 1.29 is 14.3 Å². The third-order valence-electron chi connectivity index (χ3n) is 5.74. The minimum Gasteiger partial charge on any atom is -0.492 e. The summed E-state index contributed by atoms with van der Waals surface area (Å²) in [6.07, 6.45) is 1.43. The largest absolute Gasteiger partial charge is 0.492 e. The van der Waals surface area contributed by atoms with E-state index in [9.17, 15) is 9.59 Å². The maximum Gasteiger partial charge on any atom is 0.233 e. The molecule has 0 spiro atoms. The molecule has 1 heterocycles. The van der Waals surface area contributed by atoms with Gasteiger partial charge in [-0.3, -0.25) is 14.5 Å². The van der Waals surface area contributed by atoms with Gasteiger partial charge in [0, 0.05) is 0 Å². The van der Waals surface area contributed by atoms with E-state index in [2.05, 4.69) is 46.8 Å². The topological polar surface area (TPSA) is 46.6 Å². The first-order valence-corrected chi connectivity index (χ1v) is 9.42. The van der Waals surface area contributed by atoms with Crippen LogP contribution in [0.3, 0.4) is 0 Å². The Labute approximate surface area is 156 Å². The molecule has 0 bridgehead atoms. The molecule has 0 radical (unpaired) electrons. The Bertz CT molecular complexity index is 708. The first-order valence-electron chi connectivity index (χ1n) is 9.42. The van der Waals surface area contributed by atoms with Gasteiger partial charge in [-0.25, -0.2) is 0 Å². The molecule has 0 unspecified atom stereocenters. The molecule has 140 valence electrons. The van der Waals surface area contributed by atoms with Gasteiger partial charge in [-0.2, -0.15) is 0 Å². The Morgan fingerprint density at radius 1 is 0.962 bits per heavy atom. The molecule has 3 rings (SSSR count). The summed E-state index contributed by atoms with van der Waals surface area (Å²) in [5.74, 6) is 0.370. The summed E-state index contributed by atoms with van der Waals surface area (Å²) >= 11 is 0. The fourth-order valence-corrected chi connectivity index (χ4v) is 3.85. The quantitative estimate of drug-likeness (QED) is 0.603. The van der Waals surface area contributed by atoms with E-state index < -0.39 is 0 Å². The lowest BCUT2D eigenvalue weighted by molar-refractivity contribution is -0.140. The summed E-state index contributed by atoms with van der Waals surface area (Å²) in [4.78, 5) is 26.7. The molecule has 0 aromatic heterocycles. The molecule has 1 aliphatic carbocycles. The minimum atomic E-state index is -0.169. The third kappa shape index (κ3) is 3.55. The SMILES string of the molecule is CC1=C(C)C[C@@H]2C(=O)N(CCOc3ccc(C(C)(C)C)cc3)C(=O)[C@H]2C1. The molecule has 1 aliphatic heterocycles. The van der Waals surface area contributed by atoms with Crippen LogP contribution in [0.2, 0.25) is 0 Å². The van der Waals surface area contributed by atoms with Crippen LogP contribution in [0.25, 0.3) is 0 Å². The van der Waals surface area contributed by atoms with Crippen molar-refractivity contribution in [2.45, 2.75) is 52.9 Å². The van der Waals surface area contributed by atoms with Gasteiger partial charge in [0.2, 0.25) is 11.8 Å². The first-order chi connectivity index (χ1) is 12.2.